The lowest BCUT2D eigenvalue weighted by molar-refractivity contribution is -0.139. The quantitative estimate of drug-likeness (QED) is 0.423. The highest BCUT2D eigenvalue weighted by Gasteiger charge is 2.04. The van der Waals surface area contributed by atoms with E-state index in [4.69, 9.17) is 4.74 Å². The molecule has 0 fully saturated rings. The van der Waals surface area contributed by atoms with Crippen LogP contribution in [-0.2, 0) is 9.53 Å². The van der Waals surface area contributed by atoms with Crippen LogP contribution >= 0.6 is 0 Å². The van der Waals surface area contributed by atoms with Crippen LogP contribution in [0.25, 0.3) is 6.08 Å². The van der Waals surface area contributed by atoms with Crippen molar-refractivity contribution in [2.75, 3.05) is 6.61 Å². The number of rotatable bonds is 6. The Bertz CT molecular complexity index is 366. The number of esters is 1. The Kier molecular flexibility index (Phi) is 6.08. The van der Waals surface area contributed by atoms with Crippen LogP contribution in [0.1, 0.15) is 38.7 Å². The van der Waals surface area contributed by atoms with E-state index in [1.165, 1.54) is 0 Å². The lowest BCUT2D eigenvalue weighted by Crippen LogP contribution is -2.06. The Hall–Kier alpha value is -1.57. The van der Waals surface area contributed by atoms with Gasteiger partial charge in [-0.15, -0.1) is 0 Å². The van der Waals surface area contributed by atoms with Gasteiger partial charge in [0.2, 0.25) is 0 Å². The Balaban J connectivity index is 2.44. The normalized spacial score (nSPS) is 11.3. The molecule has 0 amide bonds. The first-order valence-electron chi connectivity index (χ1n) is 6.14. The van der Waals surface area contributed by atoms with Crippen molar-refractivity contribution in [2.24, 2.45) is 0 Å². The summed E-state index contributed by atoms with van der Waals surface area (Å²) in [4.78, 5) is 11.6. The fourth-order valence-electron chi connectivity index (χ4n) is 1.49. The van der Waals surface area contributed by atoms with Crippen molar-refractivity contribution < 1.29 is 9.53 Å². The molecule has 0 saturated carbocycles. The van der Waals surface area contributed by atoms with E-state index in [-0.39, 0.29) is 5.97 Å². The molecular weight excluding hydrogens is 212 g/mol. The molecular formula is C15H20O2. The number of carbonyl (C=O) groups excluding carboxylic acids is 1. The maximum absolute atomic E-state index is 11.6. The summed E-state index contributed by atoms with van der Waals surface area (Å²) in [6.07, 6.45) is 5.04. The Morgan fingerprint density at radius 1 is 1.24 bits per heavy atom. The molecule has 1 aromatic rings. The minimum absolute atomic E-state index is 0.218. The average molecular weight is 232 g/mol. The fourth-order valence-corrected chi connectivity index (χ4v) is 1.49. The van der Waals surface area contributed by atoms with Crippen LogP contribution in [0.3, 0.4) is 0 Å². The molecule has 0 aliphatic rings. The minimum atomic E-state index is -0.218. The van der Waals surface area contributed by atoms with E-state index in [0.717, 1.165) is 24.8 Å². The molecule has 92 valence electrons. The van der Waals surface area contributed by atoms with Gasteiger partial charge in [-0.2, -0.15) is 0 Å². The Labute approximate surface area is 103 Å². The third kappa shape index (κ3) is 5.34. The zero-order valence-electron chi connectivity index (χ0n) is 10.6. The number of carbonyl (C=O) groups is 1. The molecule has 0 aliphatic heterocycles. The van der Waals surface area contributed by atoms with Crippen LogP contribution < -0.4 is 0 Å². The second-order valence-electron chi connectivity index (χ2n) is 4.08. The van der Waals surface area contributed by atoms with Crippen molar-refractivity contribution in [3.05, 3.63) is 41.5 Å². The predicted molar refractivity (Wildman–Crippen MR) is 70.6 cm³/mol. The predicted octanol–water partition coefficient (Wildman–Crippen LogP) is 3.82. The number of ether oxygens (including phenoxy) is 1. The van der Waals surface area contributed by atoms with Gasteiger partial charge in [0, 0.05) is 5.57 Å². The van der Waals surface area contributed by atoms with Crippen LogP contribution in [0.2, 0.25) is 0 Å². The SMILES string of the molecule is CCCCCOC(=O)/C(C)=C/c1ccccc1. The molecule has 2 heteroatoms. The molecule has 0 bridgehead atoms. The van der Waals surface area contributed by atoms with E-state index < -0.39 is 0 Å². The van der Waals surface area contributed by atoms with Crippen molar-refractivity contribution in [3.8, 4) is 0 Å². The molecule has 2 nitrogen and oxygen atoms in total. The topological polar surface area (TPSA) is 26.3 Å². The van der Waals surface area contributed by atoms with Gasteiger partial charge in [-0.05, 0) is 25.0 Å². The summed E-state index contributed by atoms with van der Waals surface area (Å²) in [5.74, 6) is -0.218. The molecule has 17 heavy (non-hydrogen) atoms. The van der Waals surface area contributed by atoms with Gasteiger partial charge in [-0.3, -0.25) is 0 Å². The van der Waals surface area contributed by atoms with Gasteiger partial charge in [-0.25, -0.2) is 4.79 Å². The highest BCUT2D eigenvalue weighted by molar-refractivity contribution is 5.92. The molecule has 0 saturated heterocycles. The molecule has 1 aromatic carbocycles. The van der Waals surface area contributed by atoms with Gasteiger partial charge in [0.25, 0.3) is 0 Å². The molecule has 0 heterocycles. The molecule has 0 spiro atoms. The van der Waals surface area contributed by atoms with Crippen molar-refractivity contribution in [1.82, 2.24) is 0 Å². The maximum Gasteiger partial charge on any atom is 0.333 e. The molecule has 1 rings (SSSR count). The minimum Gasteiger partial charge on any atom is -0.462 e. The van der Waals surface area contributed by atoms with Crippen LogP contribution in [-0.4, -0.2) is 12.6 Å². The Morgan fingerprint density at radius 2 is 1.94 bits per heavy atom. The first-order valence-corrected chi connectivity index (χ1v) is 6.14. The van der Waals surface area contributed by atoms with E-state index in [0.29, 0.717) is 12.2 Å². The summed E-state index contributed by atoms with van der Waals surface area (Å²) in [7, 11) is 0. The molecule has 0 unspecified atom stereocenters. The molecule has 0 radical (unpaired) electrons. The molecule has 0 N–H and O–H groups in total. The number of benzene rings is 1. The van der Waals surface area contributed by atoms with Gasteiger partial charge in [-0.1, -0.05) is 50.1 Å². The summed E-state index contributed by atoms with van der Waals surface area (Å²) in [5.41, 5.74) is 1.67. The van der Waals surface area contributed by atoms with Gasteiger partial charge in [0.15, 0.2) is 0 Å². The lowest BCUT2D eigenvalue weighted by atomic mass is 10.1. The van der Waals surface area contributed by atoms with E-state index in [2.05, 4.69) is 6.92 Å². The summed E-state index contributed by atoms with van der Waals surface area (Å²) in [6, 6.07) is 9.79. The monoisotopic (exact) mass is 232 g/mol. The molecule has 0 aliphatic carbocycles. The maximum atomic E-state index is 11.6. The summed E-state index contributed by atoms with van der Waals surface area (Å²) in [6.45, 7) is 4.43. The van der Waals surface area contributed by atoms with Crippen LogP contribution in [0, 0.1) is 0 Å². The van der Waals surface area contributed by atoms with E-state index in [1.54, 1.807) is 6.92 Å². The summed E-state index contributed by atoms with van der Waals surface area (Å²) < 4.78 is 5.17. The molecule has 0 aromatic heterocycles. The van der Waals surface area contributed by atoms with Crippen LogP contribution in [0.4, 0.5) is 0 Å². The number of unbranched alkanes of at least 4 members (excludes halogenated alkanes) is 2. The van der Waals surface area contributed by atoms with Crippen molar-refractivity contribution in [1.29, 1.82) is 0 Å². The number of hydrogen-bond donors (Lipinski definition) is 0. The van der Waals surface area contributed by atoms with Crippen LogP contribution in [0.5, 0.6) is 0 Å². The Morgan fingerprint density at radius 3 is 2.59 bits per heavy atom. The fraction of sp³-hybridized carbons (Fsp3) is 0.400. The summed E-state index contributed by atoms with van der Waals surface area (Å²) in [5, 5.41) is 0. The first kappa shape index (κ1) is 13.5. The highest BCUT2D eigenvalue weighted by atomic mass is 16.5. The smallest absolute Gasteiger partial charge is 0.333 e. The van der Waals surface area contributed by atoms with Crippen molar-refractivity contribution in [2.45, 2.75) is 33.1 Å². The zero-order chi connectivity index (χ0) is 12.5. The third-order valence-corrected chi connectivity index (χ3v) is 2.49. The molecule has 0 atom stereocenters. The second-order valence-corrected chi connectivity index (χ2v) is 4.08. The van der Waals surface area contributed by atoms with Gasteiger partial charge in [0.1, 0.15) is 0 Å². The van der Waals surface area contributed by atoms with Gasteiger partial charge >= 0.3 is 5.97 Å². The largest absolute Gasteiger partial charge is 0.462 e. The van der Waals surface area contributed by atoms with Crippen molar-refractivity contribution >= 4 is 12.0 Å². The van der Waals surface area contributed by atoms with E-state index in [1.807, 2.05) is 36.4 Å². The highest BCUT2D eigenvalue weighted by Crippen LogP contribution is 2.07. The first-order chi connectivity index (χ1) is 8.24. The lowest BCUT2D eigenvalue weighted by Gasteiger charge is -2.04. The van der Waals surface area contributed by atoms with Crippen molar-refractivity contribution in [3.63, 3.8) is 0 Å². The number of hydrogen-bond acceptors (Lipinski definition) is 2. The van der Waals surface area contributed by atoms with E-state index >= 15 is 0 Å². The van der Waals surface area contributed by atoms with E-state index in [9.17, 15) is 4.79 Å². The van der Waals surface area contributed by atoms with Crippen LogP contribution in [0.15, 0.2) is 35.9 Å². The van der Waals surface area contributed by atoms with Gasteiger partial charge < -0.3 is 4.74 Å². The summed E-state index contributed by atoms with van der Waals surface area (Å²) >= 11 is 0. The third-order valence-electron chi connectivity index (χ3n) is 2.49. The van der Waals surface area contributed by atoms with Gasteiger partial charge in [0.05, 0.1) is 6.61 Å². The average Bonchev–Trinajstić information content (AvgIpc) is 2.35. The second kappa shape index (κ2) is 7.66. The zero-order valence-corrected chi connectivity index (χ0v) is 10.6. The standard InChI is InChI=1S/C15H20O2/c1-3-4-8-11-17-15(16)13(2)12-14-9-6-5-7-10-14/h5-7,9-10,12H,3-4,8,11H2,1-2H3/b13-12+.